The predicted molar refractivity (Wildman–Crippen MR) is 94.5 cm³/mol. The first-order valence-corrected chi connectivity index (χ1v) is 8.76. The number of halogens is 3. The Hall–Kier alpha value is -1.87. The van der Waals surface area contributed by atoms with Crippen LogP contribution in [-0.4, -0.2) is 64.4 Å². The molecular weight excluding hydrogens is 345 g/mol. The summed E-state index contributed by atoms with van der Waals surface area (Å²) < 4.78 is 42.3. The van der Waals surface area contributed by atoms with Crippen LogP contribution in [0.3, 0.4) is 0 Å². The van der Waals surface area contributed by atoms with Crippen molar-refractivity contribution in [1.82, 2.24) is 24.8 Å². The van der Waals surface area contributed by atoms with Gasteiger partial charge < -0.3 is 10.6 Å². The molecule has 1 atom stereocenters. The summed E-state index contributed by atoms with van der Waals surface area (Å²) >= 11 is 0. The van der Waals surface area contributed by atoms with Crippen LogP contribution in [0.15, 0.2) is 18.5 Å². The Morgan fingerprint density at radius 2 is 1.92 bits per heavy atom. The third-order valence-electron chi connectivity index (χ3n) is 4.59. The van der Waals surface area contributed by atoms with Crippen LogP contribution in [0.4, 0.5) is 19.0 Å². The van der Waals surface area contributed by atoms with E-state index in [1.54, 1.807) is 16.9 Å². The molecule has 26 heavy (non-hydrogen) atoms. The van der Waals surface area contributed by atoms with Gasteiger partial charge in [-0.2, -0.15) is 18.3 Å². The zero-order chi connectivity index (χ0) is 18.9. The maximum absolute atomic E-state index is 13.5. The van der Waals surface area contributed by atoms with Gasteiger partial charge in [-0.1, -0.05) is 20.8 Å². The van der Waals surface area contributed by atoms with Crippen molar-refractivity contribution in [2.75, 3.05) is 38.0 Å². The van der Waals surface area contributed by atoms with Crippen LogP contribution in [0, 0.1) is 0 Å². The highest BCUT2D eigenvalue weighted by atomic mass is 19.4. The summed E-state index contributed by atoms with van der Waals surface area (Å²) in [5, 5.41) is 10.5. The highest BCUT2D eigenvalue weighted by Gasteiger charge is 2.43. The van der Waals surface area contributed by atoms with Gasteiger partial charge in [-0.15, -0.1) is 0 Å². The second-order valence-electron chi connectivity index (χ2n) is 7.61. The minimum absolute atomic E-state index is 0.154. The van der Waals surface area contributed by atoms with E-state index in [-0.39, 0.29) is 12.0 Å². The number of piperazine rings is 1. The zero-order valence-corrected chi connectivity index (χ0v) is 15.3. The Bertz CT molecular complexity index is 743. The number of rotatable bonds is 4. The smallest absolute Gasteiger partial charge is 0.366 e. The molecule has 9 heteroatoms. The van der Waals surface area contributed by atoms with E-state index in [1.165, 1.54) is 4.90 Å². The molecule has 1 aliphatic heterocycles. The molecule has 3 heterocycles. The molecule has 2 aromatic rings. The van der Waals surface area contributed by atoms with Crippen molar-refractivity contribution >= 4 is 11.3 Å². The first kappa shape index (κ1) is 18.9. The molecule has 3 rings (SSSR count). The van der Waals surface area contributed by atoms with Crippen molar-refractivity contribution in [3.05, 3.63) is 24.2 Å². The molecule has 1 fully saturated rings. The van der Waals surface area contributed by atoms with Crippen molar-refractivity contribution in [2.24, 2.45) is 0 Å². The molecule has 0 bridgehead atoms. The van der Waals surface area contributed by atoms with E-state index in [2.05, 4.69) is 20.7 Å². The van der Waals surface area contributed by atoms with Crippen LogP contribution < -0.4 is 10.6 Å². The van der Waals surface area contributed by atoms with Crippen LogP contribution in [0.5, 0.6) is 0 Å². The van der Waals surface area contributed by atoms with Crippen LogP contribution in [0.25, 0.3) is 5.52 Å². The summed E-state index contributed by atoms with van der Waals surface area (Å²) in [6, 6.07) is 0.333. The molecule has 2 N–H and O–H groups in total. The minimum Gasteiger partial charge on any atom is -0.366 e. The van der Waals surface area contributed by atoms with Crippen molar-refractivity contribution < 1.29 is 13.2 Å². The fraction of sp³-hybridized carbons (Fsp3) is 0.647. The highest BCUT2D eigenvalue weighted by molar-refractivity contribution is 5.68. The molecule has 0 aliphatic carbocycles. The topological polar surface area (TPSA) is 57.5 Å². The summed E-state index contributed by atoms with van der Waals surface area (Å²) in [6.07, 6.45) is -1.05. The highest BCUT2D eigenvalue weighted by Crippen LogP contribution is 2.27. The molecule has 1 aliphatic rings. The van der Waals surface area contributed by atoms with Gasteiger partial charge in [0.15, 0.2) is 5.82 Å². The first-order valence-electron chi connectivity index (χ1n) is 8.76. The molecule has 2 aromatic heterocycles. The maximum Gasteiger partial charge on any atom is 0.405 e. The second kappa shape index (κ2) is 7.03. The van der Waals surface area contributed by atoms with Crippen molar-refractivity contribution in [3.8, 4) is 0 Å². The number of aromatic nitrogens is 3. The van der Waals surface area contributed by atoms with Crippen molar-refractivity contribution in [2.45, 2.75) is 38.4 Å². The summed E-state index contributed by atoms with van der Waals surface area (Å²) in [5.41, 5.74) is 1.39. The fourth-order valence-electron chi connectivity index (χ4n) is 3.06. The largest absolute Gasteiger partial charge is 0.405 e. The van der Waals surface area contributed by atoms with E-state index < -0.39 is 12.2 Å². The number of anilines is 1. The van der Waals surface area contributed by atoms with E-state index in [4.69, 9.17) is 0 Å². The van der Waals surface area contributed by atoms with Crippen LogP contribution >= 0.6 is 0 Å². The second-order valence-corrected chi connectivity index (χ2v) is 7.61. The number of alkyl halides is 3. The number of hydrogen-bond donors (Lipinski definition) is 2. The van der Waals surface area contributed by atoms with E-state index in [0.717, 1.165) is 5.69 Å². The maximum atomic E-state index is 13.5. The molecule has 6 nitrogen and oxygen atoms in total. The van der Waals surface area contributed by atoms with Gasteiger partial charge in [0, 0.05) is 50.5 Å². The summed E-state index contributed by atoms with van der Waals surface area (Å²) in [6.45, 7) is 7.77. The number of fused-ring (bicyclic) bond motifs is 1. The van der Waals surface area contributed by atoms with Gasteiger partial charge in [-0.3, -0.25) is 4.90 Å². The lowest BCUT2D eigenvalue weighted by atomic mass is 9.92. The van der Waals surface area contributed by atoms with Gasteiger partial charge in [0.1, 0.15) is 11.6 Å². The lowest BCUT2D eigenvalue weighted by Gasteiger charge is -2.36. The van der Waals surface area contributed by atoms with Gasteiger partial charge in [0.05, 0.1) is 5.69 Å². The third kappa shape index (κ3) is 4.09. The van der Waals surface area contributed by atoms with E-state index in [9.17, 15) is 13.2 Å². The predicted octanol–water partition coefficient (Wildman–Crippen LogP) is 2.27. The Balaban J connectivity index is 1.82. The molecule has 0 spiro atoms. The molecule has 0 saturated carbocycles. The molecule has 0 amide bonds. The average Bonchev–Trinajstić information content (AvgIpc) is 3.00. The Morgan fingerprint density at radius 3 is 2.54 bits per heavy atom. The monoisotopic (exact) mass is 370 g/mol. The zero-order valence-electron chi connectivity index (χ0n) is 15.3. The quantitative estimate of drug-likeness (QED) is 0.865. The molecule has 144 valence electrons. The normalized spacial score (nSPS) is 18.2. The lowest BCUT2D eigenvalue weighted by molar-refractivity contribution is -0.181. The summed E-state index contributed by atoms with van der Waals surface area (Å²) in [5.74, 6) is 0.417. The van der Waals surface area contributed by atoms with Gasteiger partial charge in [0.25, 0.3) is 0 Å². The van der Waals surface area contributed by atoms with Gasteiger partial charge in [-0.05, 0) is 6.07 Å². The van der Waals surface area contributed by atoms with E-state index in [0.29, 0.717) is 37.5 Å². The van der Waals surface area contributed by atoms with Crippen LogP contribution in [0.1, 0.15) is 26.5 Å². The van der Waals surface area contributed by atoms with E-state index in [1.807, 2.05) is 26.8 Å². The van der Waals surface area contributed by atoms with Gasteiger partial charge in [0.2, 0.25) is 0 Å². The van der Waals surface area contributed by atoms with Gasteiger partial charge >= 0.3 is 6.18 Å². The SMILES string of the molecule is CC(C)(C)c1cc2c(NCC(N3CCNCC3)C(F)(F)F)nccn2n1. The Morgan fingerprint density at radius 1 is 1.23 bits per heavy atom. The van der Waals surface area contributed by atoms with Crippen molar-refractivity contribution in [1.29, 1.82) is 0 Å². The third-order valence-corrected chi connectivity index (χ3v) is 4.59. The van der Waals surface area contributed by atoms with E-state index >= 15 is 0 Å². The Labute approximate surface area is 150 Å². The molecular formula is C17H25F3N6. The van der Waals surface area contributed by atoms with Crippen molar-refractivity contribution in [3.63, 3.8) is 0 Å². The number of hydrogen-bond acceptors (Lipinski definition) is 5. The molecule has 0 aromatic carbocycles. The first-order chi connectivity index (χ1) is 12.2. The fourth-order valence-corrected chi connectivity index (χ4v) is 3.06. The minimum atomic E-state index is -4.30. The van der Waals surface area contributed by atoms with Crippen LogP contribution in [-0.2, 0) is 5.41 Å². The molecule has 1 saturated heterocycles. The van der Waals surface area contributed by atoms with Gasteiger partial charge in [-0.25, -0.2) is 9.50 Å². The summed E-state index contributed by atoms with van der Waals surface area (Å²) in [4.78, 5) is 5.70. The Kier molecular flexibility index (Phi) is 5.12. The molecule has 1 unspecified atom stereocenters. The standard InChI is InChI=1S/C17H25F3N6/c1-16(2,3)13-10-12-15(22-6-9-26(12)24-13)23-11-14(17(18,19)20)25-7-4-21-5-8-25/h6,9-10,14,21H,4-5,7-8,11H2,1-3H3,(H,22,23). The lowest BCUT2D eigenvalue weighted by Crippen LogP contribution is -2.56. The molecule has 0 radical (unpaired) electrons. The summed E-state index contributed by atoms with van der Waals surface area (Å²) in [7, 11) is 0. The number of nitrogens with one attached hydrogen (secondary N) is 2. The number of nitrogens with zero attached hydrogens (tertiary/aromatic N) is 4. The average molecular weight is 370 g/mol. The van der Waals surface area contributed by atoms with Crippen LogP contribution in [0.2, 0.25) is 0 Å².